The van der Waals surface area contributed by atoms with Crippen molar-refractivity contribution in [1.29, 1.82) is 0 Å². The van der Waals surface area contributed by atoms with Crippen LogP contribution in [-0.2, 0) is 0 Å². The summed E-state index contributed by atoms with van der Waals surface area (Å²) in [5.74, 6) is -0.967. The molecule has 0 radical (unpaired) electrons. The van der Waals surface area contributed by atoms with Gasteiger partial charge in [0.05, 0.1) is 18.2 Å². The number of rotatable bonds is 2. The van der Waals surface area contributed by atoms with Crippen LogP contribution in [0.5, 0.6) is 0 Å². The third kappa shape index (κ3) is 3.15. The molecule has 1 fully saturated rings. The second-order valence-corrected chi connectivity index (χ2v) is 5.96. The fourth-order valence-electron chi connectivity index (χ4n) is 3.02. The zero-order valence-electron chi connectivity index (χ0n) is 13.4. The van der Waals surface area contributed by atoms with Gasteiger partial charge in [0.15, 0.2) is 5.69 Å². The molecular weight excluding hydrogens is 305 g/mol. The molecule has 122 valence electrons. The van der Waals surface area contributed by atoms with E-state index >= 15 is 0 Å². The van der Waals surface area contributed by atoms with Gasteiger partial charge in [0.2, 0.25) is 0 Å². The summed E-state index contributed by atoms with van der Waals surface area (Å²) in [5, 5.41) is 0. The lowest BCUT2D eigenvalue weighted by atomic mass is 10.0. The zero-order chi connectivity index (χ0) is 17.1. The van der Waals surface area contributed by atoms with Gasteiger partial charge in [0, 0.05) is 19.6 Å². The number of amides is 1. The quantitative estimate of drug-likeness (QED) is 0.791. The maximum Gasteiger partial charge on any atom is 0.257 e. The first kappa shape index (κ1) is 16.2. The Labute approximate surface area is 140 Å². The van der Waals surface area contributed by atoms with Crippen molar-refractivity contribution in [3.8, 4) is 0 Å². The number of hydrogen-bond acceptors (Lipinski definition) is 2. The van der Waals surface area contributed by atoms with Gasteiger partial charge in [-0.1, -0.05) is 42.5 Å². The Hall–Kier alpha value is -2.71. The lowest BCUT2D eigenvalue weighted by Gasteiger charge is -2.40. The highest BCUT2D eigenvalue weighted by Crippen LogP contribution is 2.28. The van der Waals surface area contributed by atoms with Gasteiger partial charge in [-0.05, 0) is 18.7 Å². The Kier molecular flexibility index (Phi) is 4.59. The molecule has 0 bridgehead atoms. The van der Waals surface area contributed by atoms with E-state index in [4.69, 9.17) is 6.57 Å². The summed E-state index contributed by atoms with van der Waals surface area (Å²) in [4.78, 5) is 20.0. The molecule has 1 heterocycles. The molecule has 1 saturated heterocycles. The van der Waals surface area contributed by atoms with Crippen molar-refractivity contribution in [3.63, 3.8) is 0 Å². The minimum atomic E-state index is -0.640. The molecule has 0 N–H and O–H groups in total. The molecule has 3 rings (SSSR count). The molecule has 1 unspecified atom stereocenters. The Morgan fingerprint density at radius 1 is 1.21 bits per heavy atom. The van der Waals surface area contributed by atoms with Crippen LogP contribution in [0.4, 0.5) is 10.1 Å². The van der Waals surface area contributed by atoms with Gasteiger partial charge in [-0.15, -0.1) is 0 Å². The van der Waals surface area contributed by atoms with E-state index in [0.29, 0.717) is 13.1 Å². The number of carbonyl (C=O) groups excluding carboxylic acids is 1. The fourth-order valence-corrected chi connectivity index (χ4v) is 3.02. The van der Waals surface area contributed by atoms with E-state index in [1.165, 1.54) is 12.1 Å². The van der Waals surface area contributed by atoms with Gasteiger partial charge in [-0.3, -0.25) is 4.79 Å². The molecule has 1 amide bonds. The molecule has 1 aliphatic heterocycles. The van der Waals surface area contributed by atoms with Crippen molar-refractivity contribution in [3.05, 3.63) is 76.9 Å². The highest BCUT2D eigenvalue weighted by Gasteiger charge is 2.31. The van der Waals surface area contributed by atoms with Crippen molar-refractivity contribution in [1.82, 2.24) is 9.80 Å². The molecule has 1 atom stereocenters. The normalized spacial score (nSPS) is 18.2. The van der Waals surface area contributed by atoms with Gasteiger partial charge < -0.3 is 9.80 Å². The molecule has 0 aromatic heterocycles. The second-order valence-electron chi connectivity index (χ2n) is 5.96. The van der Waals surface area contributed by atoms with E-state index in [1.807, 2.05) is 37.4 Å². The summed E-state index contributed by atoms with van der Waals surface area (Å²) in [7, 11) is 2.02. The Balaban J connectivity index is 1.93. The molecule has 0 aliphatic carbocycles. The highest BCUT2D eigenvalue weighted by molar-refractivity contribution is 5.95. The first-order valence-electron chi connectivity index (χ1n) is 7.81. The van der Waals surface area contributed by atoms with Crippen LogP contribution in [0.25, 0.3) is 4.85 Å². The molecule has 5 heteroatoms. The minimum absolute atomic E-state index is 0.0212. The standard InChI is InChI=1S/C19H18FN3O/c1-21-15-8-9-16(17(20)12-15)19(24)23-11-10-22(2)13-18(23)14-6-4-3-5-7-14/h3-9,12,18H,10-11,13H2,2H3. The molecule has 4 nitrogen and oxygen atoms in total. The first-order valence-corrected chi connectivity index (χ1v) is 7.81. The topological polar surface area (TPSA) is 27.9 Å². The largest absolute Gasteiger partial charge is 0.329 e. The average Bonchev–Trinajstić information content (AvgIpc) is 2.61. The van der Waals surface area contributed by atoms with Crippen LogP contribution in [-0.4, -0.2) is 42.4 Å². The van der Waals surface area contributed by atoms with E-state index in [-0.39, 0.29) is 23.2 Å². The summed E-state index contributed by atoms with van der Waals surface area (Å²) in [6.45, 7) is 8.93. The van der Waals surface area contributed by atoms with Gasteiger partial charge in [-0.25, -0.2) is 9.24 Å². The smallest absolute Gasteiger partial charge is 0.257 e. The molecule has 2 aromatic carbocycles. The molecular formula is C19H18FN3O. The number of hydrogen-bond donors (Lipinski definition) is 0. The third-order valence-electron chi connectivity index (χ3n) is 4.34. The summed E-state index contributed by atoms with van der Waals surface area (Å²) < 4.78 is 14.2. The molecule has 1 aliphatic rings. The Morgan fingerprint density at radius 3 is 2.62 bits per heavy atom. The fraction of sp³-hybridized carbons (Fsp3) is 0.263. The SMILES string of the molecule is [C-]#[N+]c1ccc(C(=O)N2CCN(C)CC2c2ccccc2)c(F)c1. The average molecular weight is 323 g/mol. The number of piperazine rings is 1. The second kappa shape index (κ2) is 6.81. The van der Waals surface area contributed by atoms with Crippen LogP contribution in [0, 0.1) is 12.4 Å². The third-order valence-corrected chi connectivity index (χ3v) is 4.34. The predicted molar refractivity (Wildman–Crippen MR) is 90.4 cm³/mol. The van der Waals surface area contributed by atoms with Gasteiger partial charge in [0.1, 0.15) is 5.82 Å². The summed E-state index contributed by atoms with van der Waals surface area (Å²) >= 11 is 0. The number of halogens is 1. The van der Waals surface area contributed by atoms with Crippen molar-refractivity contribution >= 4 is 11.6 Å². The van der Waals surface area contributed by atoms with Gasteiger partial charge in [0.25, 0.3) is 5.91 Å². The van der Waals surface area contributed by atoms with Crippen molar-refractivity contribution < 1.29 is 9.18 Å². The number of likely N-dealkylation sites (N-methyl/N-ethyl adjacent to an activating group) is 1. The molecule has 24 heavy (non-hydrogen) atoms. The van der Waals surface area contributed by atoms with Crippen molar-refractivity contribution in [2.75, 3.05) is 26.7 Å². The number of benzene rings is 2. The number of carbonyl (C=O) groups is 1. The van der Waals surface area contributed by atoms with E-state index in [1.54, 1.807) is 4.90 Å². The molecule has 0 spiro atoms. The van der Waals surface area contributed by atoms with Crippen LogP contribution in [0.3, 0.4) is 0 Å². The van der Waals surface area contributed by atoms with Crippen molar-refractivity contribution in [2.24, 2.45) is 0 Å². The van der Waals surface area contributed by atoms with E-state index in [0.717, 1.165) is 18.2 Å². The van der Waals surface area contributed by atoms with Crippen LogP contribution >= 0.6 is 0 Å². The van der Waals surface area contributed by atoms with Crippen LogP contribution in [0.2, 0.25) is 0 Å². The van der Waals surface area contributed by atoms with E-state index < -0.39 is 5.82 Å². The highest BCUT2D eigenvalue weighted by atomic mass is 19.1. The van der Waals surface area contributed by atoms with Crippen LogP contribution in [0.1, 0.15) is 22.0 Å². The summed E-state index contributed by atoms with van der Waals surface area (Å²) in [5.41, 5.74) is 1.26. The van der Waals surface area contributed by atoms with Gasteiger partial charge in [-0.2, -0.15) is 0 Å². The monoisotopic (exact) mass is 323 g/mol. The summed E-state index contributed by atoms with van der Waals surface area (Å²) in [6, 6.07) is 13.7. The predicted octanol–water partition coefficient (Wildman–Crippen LogP) is 3.51. The van der Waals surface area contributed by atoms with Gasteiger partial charge >= 0.3 is 0 Å². The zero-order valence-corrected chi connectivity index (χ0v) is 13.4. The lowest BCUT2D eigenvalue weighted by Crippen LogP contribution is -2.49. The summed E-state index contributed by atoms with van der Waals surface area (Å²) in [6.07, 6.45) is 0. The Morgan fingerprint density at radius 2 is 1.96 bits per heavy atom. The van der Waals surface area contributed by atoms with E-state index in [2.05, 4.69) is 9.74 Å². The Bertz CT molecular complexity index is 785. The lowest BCUT2D eigenvalue weighted by molar-refractivity contribution is 0.0493. The van der Waals surface area contributed by atoms with Crippen LogP contribution < -0.4 is 0 Å². The van der Waals surface area contributed by atoms with E-state index in [9.17, 15) is 9.18 Å². The minimum Gasteiger partial charge on any atom is -0.329 e. The van der Waals surface area contributed by atoms with Crippen LogP contribution in [0.15, 0.2) is 48.5 Å². The maximum atomic E-state index is 14.2. The van der Waals surface area contributed by atoms with Crippen molar-refractivity contribution in [2.45, 2.75) is 6.04 Å². The molecule has 0 saturated carbocycles. The first-order chi connectivity index (χ1) is 11.6. The number of nitrogens with zero attached hydrogens (tertiary/aromatic N) is 3. The molecule has 2 aromatic rings. The maximum absolute atomic E-state index is 14.2.